The molecule has 2 atom stereocenters. The molecule has 66 valence electrons. The largest absolute Gasteiger partial charge is 0.0882 e. The first-order valence-electron chi connectivity index (χ1n) is 5.10. The van der Waals surface area contributed by atoms with E-state index in [-0.39, 0.29) is 0 Å². The Kier molecular flexibility index (Phi) is 2.08. The third-order valence-corrected chi connectivity index (χ3v) is 3.44. The Morgan fingerprint density at radius 3 is 2.75 bits per heavy atom. The van der Waals surface area contributed by atoms with Crippen LogP contribution in [-0.2, 0) is 0 Å². The van der Waals surface area contributed by atoms with E-state index >= 15 is 0 Å². The van der Waals surface area contributed by atoms with E-state index in [1.807, 2.05) is 0 Å². The normalized spacial score (nSPS) is 33.7. The predicted octanol–water partition coefficient (Wildman–Crippen LogP) is 3.70. The fourth-order valence-electron chi connectivity index (χ4n) is 2.76. The molecular formula is C12H18. The smallest absolute Gasteiger partial charge is 0.0135 e. The lowest BCUT2D eigenvalue weighted by Crippen LogP contribution is -2.11. The van der Waals surface area contributed by atoms with Crippen molar-refractivity contribution in [2.45, 2.75) is 39.5 Å². The zero-order chi connectivity index (χ0) is 8.55. The molecule has 2 unspecified atom stereocenters. The monoisotopic (exact) mass is 162 g/mol. The van der Waals surface area contributed by atoms with Crippen LogP contribution in [0.15, 0.2) is 23.3 Å². The van der Waals surface area contributed by atoms with Crippen LogP contribution < -0.4 is 0 Å². The van der Waals surface area contributed by atoms with Gasteiger partial charge in [-0.25, -0.2) is 0 Å². The van der Waals surface area contributed by atoms with Gasteiger partial charge in [-0.15, -0.1) is 0 Å². The molecule has 12 heavy (non-hydrogen) atoms. The maximum atomic E-state index is 2.37. The van der Waals surface area contributed by atoms with Crippen molar-refractivity contribution in [1.29, 1.82) is 0 Å². The van der Waals surface area contributed by atoms with Gasteiger partial charge in [0.25, 0.3) is 0 Å². The topological polar surface area (TPSA) is 0 Å². The van der Waals surface area contributed by atoms with Gasteiger partial charge in [0.2, 0.25) is 0 Å². The van der Waals surface area contributed by atoms with Crippen molar-refractivity contribution < 1.29 is 0 Å². The van der Waals surface area contributed by atoms with E-state index in [0.717, 1.165) is 11.8 Å². The van der Waals surface area contributed by atoms with E-state index in [1.165, 1.54) is 25.7 Å². The van der Waals surface area contributed by atoms with E-state index < -0.39 is 0 Å². The molecule has 2 aliphatic rings. The molecule has 1 saturated carbocycles. The summed E-state index contributed by atoms with van der Waals surface area (Å²) in [4.78, 5) is 0. The third-order valence-electron chi connectivity index (χ3n) is 3.44. The number of hydrogen-bond acceptors (Lipinski definition) is 0. The second kappa shape index (κ2) is 3.08. The van der Waals surface area contributed by atoms with Crippen LogP contribution in [0.3, 0.4) is 0 Å². The molecule has 0 N–H and O–H groups in total. The Morgan fingerprint density at radius 2 is 2.00 bits per heavy atom. The summed E-state index contributed by atoms with van der Waals surface area (Å²) in [6, 6.07) is 0. The minimum absolute atomic E-state index is 0.917. The van der Waals surface area contributed by atoms with Crippen molar-refractivity contribution in [3.63, 3.8) is 0 Å². The third kappa shape index (κ3) is 1.24. The van der Waals surface area contributed by atoms with Gasteiger partial charge in [0.05, 0.1) is 0 Å². The van der Waals surface area contributed by atoms with Crippen LogP contribution in [0.2, 0.25) is 0 Å². The summed E-state index contributed by atoms with van der Waals surface area (Å²) in [6.07, 6.45) is 10.2. The molecule has 0 aromatic carbocycles. The van der Waals surface area contributed by atoms with Gasteiger partial charge in [-0.2, -0.15) is 0 Å². The molecule has 0 nitrogen and oxygen atoms in total. The number of allylic oxidation sites excluding steroid dienone is 4. The second-order valence-corrected chi connectivity index (χ2v) is 4.37. The maximum Gasteiger partial charge on any atom is -0.0135 e. The average Bonchev–Trinajstić information content (AvgIpc) is 2.47. The highest BCUT2D eigenvalue weighted by Crippen LogP contribution is 2.44. The van der Waals surface area contributed by atoms with Gasteiger partial charge < -0.3 is 0 Å². The van der Waals surface area contributed by atoms with E-state index in [9.17, 15) is 0 Å². The number of hydrogen-bond donors (Lipinski definition) is 0. The summed E-state index contributed by atoms with van der Waals surface area (Å²) in [5.41, 5.74) is 3.35. The number of rotatable bonds is 0. The first kappa shape index (κ1) is 8.10. The Labute approximate surface area is 75.4 Å². The summed E-state index contributed by atoms with van der Waals surface area (Å²) >= 11 is 0. The molecule has 2 rings (SSSR count). The summed E-state index contributed by atoms with van der Waals surface area (Å²) in [6.45, 7) is 4.55. The number of fused-ring (bicyclic) bond motifs is 1. The highest BCUT2D eigenvalue weighted by Gasteiger charge is 2.31. The van der Waals surface area contributed by atoms with Gasteiger partial charge in [0.1, 0.15) is 0 Å². The highest BCUT2D eigenvalue weighted by molar-refractivity contribution is 5.22. The van der Waals surface area contributed by atoms with Crippen molar-refractivity contribution in [3.05, 3.63) is 23.3 Å². The van der Waals surface area contributed by atoms with Crippen molar-refractivity contribution >= 4 is 0 Å². The minimum Gasteiger partial charge on any atom is -0.0882 e. The molecule has 0 amide bonds. The molecule has 0 radical (unpaired) electrons. The molecular weight excluding hydrogens is 144 g/mol. The van der Waals surface area contributed by atoms with E-state index in [2.05, 4.69) is 26.0 Å². The maximum absolute atomic E-state index is 2.37. The van der Waals surface area contributed by atoms with Gasteiger partial charge >= 0.3 is 0 Å². The van der Waals surface area contributed by atoms with Crippen LogP contribution in [-0.4, -0.2) is 0 Å². The van der Waals surface area contributed by atoms with Crippen molar-refractivity contribution in [1.82, 2.24) is 0 Å². The molecule has 1 fully saturated rings. The van der Waals surface area contributed by atoms with Crippen molar-refractivity contribution in [3.8, 4) is 0 Å². The Bertz CT molecular complexity index is 228. The van der Waals surface area contributed by atoms with Crippen LogP contribution in [0.1, 0.15) is 39.5 Å². The van der Waals surface area contributed by atoms with Crippen LogP contribution in [0, 0.1) is 11.8 Å². The molecule has 0 aromatic rings. The Balaban J connectivity index is 2.23. The molecule has 2 aliphatic carbocycles. The Hall–Kier alpha value is -0.520. The van der Waals surface area contributed by atoms with E-state index in [0.29, 0.717) is 0 Å². The quantitative estimate of drug-likeness (QED) is 0.476. The fraction of sp³-hybridized carbons (Fsp3) is 0.667. The van der Waals surface area contributed by atoms with Gasteiger partial charge in [-0.3, -0.25) is 0 Å². The molecule has 0 aromatic heterocycles. The lowest BCUT2D eigenvalue weighted by Gasteiger charge is -2.22. The van der Waals surface area contributed by atoms with Gasteiger partial charge in [0, 0.05) is 0 Å². The van der Waals surface area contributed by atoms with Crippen LogP contribution in [0.4, 0.5) is 0 Å². The summed E-state index contributed by atoms with van der Waals surface area (Å²) in [7, 11) is 0. The van der Waals surface area contributed by atoms with Gasteiger partial charge in [0.15, 0.2) is 0 Å². The molecule has 0 aliphatic heterocycles. The summed E-state index contributed by atoms with van der Waals surface area (Å²) in [5, 5.41) is 0. The molecule has 0 spiro atoms. The fourth-order valence-corrected chi connectivity index (χ4v) is 2.76. The van der Waals surface area contributed by atoms with Gasteiger partial charge in [-0.05, 0) is 51.4 Å². The molecule has 0 saturated heterocycles. The van der Waals surface area contributed by atoms with Crippen LogP contribution in [0.25, 0.3) is 0 Å². The highest BCUT2D eigenvalue weighted by atomic mass is 14.4. The lowest BCUT2D eigenvalue weighted by atomic mass is 9.83. The van der Waals surface area contributed by atoms with Crippen LogP contribution in [0.5, 0.6) is 0 Å². The minimum atomic E-state index is 0.917. The first-order valence-corrected chi connectivity index (χ1v) is 5.10. The second-order valence-electron chi connectivity index (χ2n) is 4.37. The lowest BCUT2D eigenvalue weighted by molar-refractivity contribution is 0.411. The summed E-state index contributed by atoms with van der Waals surface area (Å²) in [5.74, 6) is 1.90. The SMILES string of the molecule is CC(C)=C1CCC2CC=CCC12. The standard InChI is InChI=1S/C12H18/c1-9(2)11-8-7-10-5-3-4-6-12(10)11/h3-4,10,12H,5-8H2,1-2H3. The summed E-state index contributed by atoms with van der Waals surface area (Å²) < 4.78 is 0. The van der Waals surface area contributed by atoms with Crippen molar-refractivity contribution in [2.75, 3.05) is 0 Å². The van der Waals surface area contributed by atoms with Crippen molar-refractivity contribution in [2.24, 2.45) is 11.8 Å². The van der Waals surface area contributed by atoms with E-state index in [4.69, 9.17) is 0 Å². The first-order chi connectivity index (χ1) is 5.79. The van der Waals surface area contributed by atoms with Gasteiger partial charge in [-0.1, -0.05) is 23.3 Å². The van der Waals surface area contributed by atoms with E-state index in [1.54, 1.807) is 11.1 Å². The zero-order valence-electron chi connectivity index (χ0n) is 8.14. The Morgan fingerprint density at radius 1 is 1.25 bits per heavy atom. The van der Waals surface area contributed by atoms with Crippen LogP contribution >= 0.6 is 0 Å². The molecule has 0 heterocycles. The molecule has 0 heteroatoms. The predicted molar refractivity (Wildman–Crippen MR) is 53.0 cm³/mol. The molecule has 0 bridgehead atoms. The average molecular weight is 162 g/mol. The zero-order valence-corrected chi connectivity index (χ0v) is 8.14.